The summed E-state index contributed by atoms with van der Waals surface area (Å²) in [6.07, 6.45) is 6.24. The monoisotopic (exact) mass is 322 g/mol. The quantitative estimate of drug-likeness (QED) is 0.758. The zero-order chi connectivity index (χ0) is 16.5. The Kier molecular flexibility index (Phi) is 3.90. The molecule has 1 atom stereocenters. The molecule has 0 amide bonds. The van der Waals surface area contributed by atoms with E-state index in [0.717, 1.165) is 17.3 Å². The molecule has 1 fully saturated rings. The van der Waals surface area contributed by atoms with Gasteiger partial charge < -0.3 is 9.88 Å². The Morgan fingerprint density at radius 3 is 2.88 bits per heavy atom. The molecular weight excluding hydrogens is 300 g/mol. The van der Waals surface area contributed by atoms with Gasteiger partial charge in [-0.3, -0.25) is 0 Å². The van der Waals surface area contributed by atoms with E-state index in [1.165, 1.54) is 18.4 Å². The summed E-state index contributed by atoms with van der Waals surface area (Å²) in [5.74, 6) is 2.74. The first-order valence-electron chi connectivity index (χ1n) is 8.44. The molecule has 1 N–H and O–H groups in total. The van der Waals surface area contributed by atoms with E-state index in [1.54, 1.807) is 6.20 Å². The van der Waals surface area contributed by atoms with Gasteiger partial charge in [0.2, 0.25) is 0 Å². The fourth-order valence-electron chi connectivity index (χ4n) is 2.95. The van der Waals surface area contributed by atoms with Crippen LogP contribution in [-0.4, -0.2) is 24.5 Å². The molecule has 6 nitrogen and oxygen atoms in total. The molecule has 0 saturated heterocycles. The molecule has 0 unspecified atom stereocenters. The molecule has 2 heterocycles. The first-order chi connectivity index (χ1) is 11.7. The van der Waals surface area contributed by atoms with Gasteiger partial charge in [-0.25, -0.2) is 4.68 Å². The Hall–Kier alpha value is -2.47. The first kappa shape index (κ1) is 15.1. The van der Waals surface area contributed by atoms with Crippen molar-refractivity contribution in [3.8, 4) is 5.69 Å². The highest BCUT2D eigenvalue weighted by molar-refractivity contribution is 5.36. The number of hydrogen-bond acceptors (Lipinski definition) is 4. The van der Waals surface area contributed by atoms with Crippen LogP contribution in [0.5, 0.6) is 0 Å². The van der Waals surface area contributed by atoms with Crippen LogP contribution in [0.4, 0.5) is 0 Å². The molecule has 6 heteroatoms. The number of nitrogens with one attached hydrogen (secondary N) is 1. The standard InChI is InChI=1S/C18H22N6/c1-13(15-5-3-6-16(11-15)24-10-4-9-20-24)19-12-17-21-22-18(23(17)2)14-7-8-14/h3-6,9-11,13-14,19H,7-8,12H2,1-2H3/t13-/m1/s1. The van der Waals surface area contributed by atoms with E-state index >= 15 is 0 Å². The topological polar surface area (TPSA) is 60.6 Å². The van der Waals surface area contributed by atoms with E-state index in [2.05, 4.69) is 63.4 Å². The SMILES string of the molecule is C[C@@H](NCc1nnc(C2CC2)n1C)c1cccc(-n2cccn2)c1. The van der Waals surface area contributed by atoms with Crippen LogP contribution in [0.3, 0.4) is 0 Å². The highest BCUT2D eigenvalue weighted by Crippen LogP contribution is 2.38. The van der Waals surface area contributed by atoms with Gasteiger partial charge >= 0.3 is 0 Å². The van der Waals surface area contributed by atoms with Gasteiger partial charge in [-0.15, -0.1) is 10.2 Å². The summed E-state index contributed by atoms with van der Waals surface area (Å²) in [5.41, 5.74) is 2.30. The van der Waals surface area contributed by atoms with Gasteiger partial charge in [0.1, 0.15) is 11.6 Å². The Morgan fingerprint density at radius 2 is 2.12 bits per heavy atom. The third-order valence-corrected chi connectivity index (χ3v) is 4.65. The maximum Gasteiger partial charge on any atom is 0.146 e. The molecule has 3 aromatic rings. The van der Waals surface area contributed by atoms with Crippen molar-refractivity contribution < 1.29 is 0 Å². The number of rotatable bonds is 6. The zero-order valence-electron chi connectivity index (χ0n) is 14.1. The van der Waals surface area contributed by atoms with Crippen molar-refractivity contribution in [1.82, 2.24) is 29.9 Å². The predicted octanol–water partition coefficient (Wildman–Crippen LogP) is 2.73. The molecule has 0 spiro atoms. The van der Waals surface area contributed by atoms with E-state index in [-0.39, 0.29) is 6.04 Å². The molecule has 4 rings (SSSR count). The van der Waals surface area contributed by atoms with Crippen molar-refractivity contribution in [3.05, 3.63) is 59.9 Å². The molecule has 0 radical (unpaired) electrons. The predicted molar refractivity (Wildman–Crippen MR) is 91.8 cm³/mol. The minimum absolute atomic E-state index is 0.224. The van der Waals surface area contributed by atoms with Gasteiger partial charge in [0.05, 0.1) is 12.2 Å². The van der Waals surface area contributed by atoms with Crippen molar-refractivity contribution in [3.63, 3.8) is 0 Å². The van der Waals surface area contributed by atoms with Crippen molar-refractivity contribution in [1.29, 1.82) is 0 Å². The van der Waals surface area contributed by atoms with Crippen LogP contribution in [0, 0.1) is 0 Å². The van der Waals surface area contributed by atoms with Crippen molar-refractivity contribution in [2.75, 3.05) is 0 Å². The molecule has 0 bridgehead atoms. The molecule has 2 aromatic heterocycles. The number of nitrogens with zero attached hydrogens (tertiary/aromatic N) is 5. The largest absolute Gasteiger partial charge is 0.317 e. The summed E-state index contributed by atoms with van der Waals surface area (Å²) in [5, 5.41) is 16.5. The van der Waals surface area contributed by atoms with Crippen LogP contribution in [0.1, 0.15) is 48.9 Å². The summed E-state index contributed by atoms with van der Waals surface area (Å²) in [7, 11) is 2.06. The molecule has 1 aromatic carbocycles. The van der Waals surface area contributed by atoms with Crippen LogP contribution in [0.15, 0.2) is 42.7 Å². The summed E-state index contributed by atoms with van der Waals surface area (Å²) >= 11 is 0. The lowest BCUT2D eigenvalue weighted by atomic mass is 10.1. The first-order valence-corrected chi connectivity index (χ1v) is 8.44. The second-order valence-corrected chi connectivity index (χ2v) is 6.46. The van der Waals surface area contributed by atoms with Gasteiger partial charge in [-0.05, 0) is 43.5 Å². The highest BCUT2D eigenvalue weighted by atomic mass is 15.3. The Bertz CT molecular complexity index is 816. The van der Waals surface area contributed by atoms with Gasteiger partial charge in [0.15, 0.2) is 0 Å². The Labute approximate surface area is 141 Å². The van der Waals surface area contributed by atoms with Crippen LogP contribution in [0.2, 0.25) is 0 Å². The van der Waals surface area contributed by atoms with E-state index < -0.39 is 0 Å². The lowest BCUT2D eigenvalue weighted by Gasteiger charge is -2.15. The Balaban J connectivity index is 1.44. The second-order valence-electron chi connectivity index (χ2n) is 6.46. The van der Waals surface area contributed by atoms with E-state index in [9.17, 15) is 0 Å². The van der Waals surface area contributed by atoms with Crippen LogP contribution < -0.4 is 5.32 Å². The number of benzene rings is 1. The van der Waals surface area contributed by atoms with Crippen molar-refractivity contribution >= 4 is 0 Å². The minimum atomic E-state index is 0.224. The summed E-state index contributed by atoms with van der Waals surface area (Å²) in [6, 6.07) is 10.6. The summed E-state index contributed by atoms with van der Waals surface area (Å²) in [6.45, 7) is 2.88. The average Bonchev–Trinajstić information content (AvgIpc) is 3.16. The molecule has 1 aliphatic carbocycles. The third kappa shape index (κ3) is 2.97. The van der Waals surface area contributed by atoms with Crippen LogP contribution in [-0.2, 0) is 13.6 Å². The molecule has 1 aliphatic rings. The summed E-state index contributed by atoms with van der Waals surface area (Å²) in [4.78, 5) is 0. The molecule has 124 valence electrons. The van der Waals surface area contributed by atoms with E-state index in [1.807, 2.05) is 16.9 Å². The van der Waals surface area contributed by atoms with Crippen LogP contribution >= 0.6 is 0 Å². The zero-order valence-corrected chi connectivity index (χ0v) is 14.1. The summed E-state index contributed by atoms with van der Waals surface area (Å²) < 4.78 is 4.01. The minimum Gasteiger partial charge on any atom is -0.317 e. The maximum atomic E-state index is 4.34. The molecule has 1 saturated carbocycles. The second kappa shape index (κ2) is 6.20. The van der Waals surface area contributed by atoms with Crippen molar-refractivity contribution in [2.24, 2.45) is 7.05 Å². The van der Waals surface area contributed by atoms with Gasteiger partial charge in [0.25, 0.3) is 0 Å². The van der Waals surface area contributed by atoms with E-state index in [4.69, 9.17) is 0 Å². The van der Waals surface area contributed by atoms with Crippen molar-refractivity contribution in [2.45, 2.75) is 38.3 Å². The fourth-order valence-corrected chi connectivity index (χ4v) is 2.95. The van der Waals surface area contributed by atoms with Gasteiger partial charge in [-0.2, -0.15) is 5.10 Å². The van der Waals surface area contributed by atoms with E-state index in [0.29, 0.717) is 12.5 Å². The smallest absolute Gasteiger partial charge is 0.146 e. The molecule has 24 heavy (non-hydrogen) atoms. The lowest BCUT2D eigenvalue weighted by Crippen LogP contribution is -2.20. The number of hydrogen-bond donors (Lipinski definition) is 1. The highest BCUT2D eigenvalue weighted by Gasteiger charge is 2.29. The van der Waals surface area contributed by atoms with Gasteiger partial charge in [-0.1, -0.05) is 12.1 Å². The lowest BCUT2D eigenvalue weighted by molar-refractivity contribution is 0.546. The molecular formula is C18H22N6. The average molecular weight is 322 g/mol. The van der Waals surface area contributed by atoms with Crippen LogP contribution in [0.25, 0.3) is 5.69 Å². The maximum absolute atomic E-state index is 4.34. The number of aromatic nitrogens is 5. The Morgan fingerprint density at radius 1 is 1.25 bits per heavy atom. The third-order valence-electron chi connectivity index (χ3n) is 4.65. The molecule has 0 aliphatic heterocycles. The fraction of sp³-hybridized carbons (Fsp3) is 0.389. The van der Waals surface area contributed by atoms with Gasteiger partial charge in [0, 0.05) is 31.4 Å². The normalized spacial score (nSPS) is 15.6.